The van der Waals surface area contributed by atoms with E-state index >= 15 is 0 Å². The van der Waals surface area contributed by atoms with Gasteiger partial charge in [0.05, 0.1) is 29.3 Å². The number of hydrogen-bond acceptors (Lipinski definition) is 5. The Labute approximate surface area is 210 Å². The fourth-order valence-electron chi connectivity index (χ4n) is 4.65. The number of ether oxygens (including phenoxy) is 1. The summed E-state index contributed by atoms with van der Waals surface area (Å²) >= 11 is 12.6. The molecule has 0 radical (unpaired) electrons. The largest absolute Gasteiger partial charge is 0.466 e. The van der Waals surface area contributed by atoms with E-state index in [0.717, 1.165) is 30.4 Å². The average Bonchev–Trinajstić information content (AvgIpc) is 3.25. The van der Waals surface area contributed by atoms with Crippen LogP contribution in [0.1, 0.15) is 56.2 Å². The van der Waals surface area contributed by atoms with Gasteiger partial charge in [0, 0.05) is 17.5 Å². The molecule has 1 aliphatic carbocycles. The minimum atomic E-state index is -0.209. The van der Waals surface area contributed by atoms with Gasteiger partial charge in [-0.25, -0.2) is 0 Å². The van der Waals surface area contributed by atoms with Crippen LogP contribution in [0.5, 0.6) is 0 Å². The highest BCUT2D eigenvalue weighted by Gasteiger charge is 2.35. The number of nitrogens with zero attached hydrogens (tertiary/aromatic N) is 2. The van der Waals surface area contributed by atoms with Crippen molar-refractivity contribution in [3.63, 3.8) is 0 Å². The number of amides is 1. The summed E-state index contributed by atoms with van der Waals surface area (Å²) in [6.45, 7) is 4.21. The number of halogens is 2. The molecule has 0 bridgehead atoms. The summed E-state index contributed by atoms with van der Waals surface area (Å²) in [5, 5.41) is 10.6. The van der Waals surface area contributed by atoms with Gasteiger partial charge in [0.1, 0.15) is 5.71 Å². The fourth-order valence-corrected chi connectivity index (χ4v) is 5.14. The first-order chi connectivity index (χ1) is 16.4. The molecule has 2 aromatic rings. The SMILES string of the molecule is CCOC(=O)C1CCCC(NC(=O)C2=NN(c3ccc(Cl)cc3Cl)C(c3ccc(C)cc3)C2)C1. The number of benzene rings is 2. The van der Waals surface area contributed by atoms with Crippen LogP contribution in [0.3, 0.4) is 0 Å². The summed E-state index contributed by atoms with van der Waals surface area (Å²) < 4.78 is 5.18. The predicted octanol–water partition coefficient (Wildman–Crippen LogP) is 5.85. The number of hydrazone groups is 1. The Kier molecular flexibility index (Phi) is 7.79. The lowest BCUT2D eigenvalue weighted by atomic mass is 9.85. The fraction of sp³-hybridized carbons (Fsp3) is 0.423. The summed E-state index contributed by atoms with van der Waals surface area (Å²) in [5.74, 6) is -0.559. The molecule has 1 aliphatic heterocycles. The van der Waals surface area contributed by atoms with Gasteiger partial charge in [-0.3, -0.25) is 14.6 Å². The molecular formula is C26H29Cl2N3O3. The Morgan fingerprint density at radius 2 is 1.91 bits per heavy atom. The van der Waals surface area contributed by atoms with E-state index in [1.165, 1.54) is 0 Å². The molecule has 8 heteroatoms. The zero-order chi connectivity index (χ0) is 24.2. The van der Waals surface area contributed by atoms with Crippen molar-refractivity contribution < 1.29 is 14.3 Å². The Hall–Kier alpha value is -2.57. The van der Waals surface area contributed by atoms with Crippen LogP contribution in [-0.4, -0.2) is 30.2 Å². The number of esters is 1. The Balaban J connectivity index is 1.54. The number of rotatable bonds is 6. The van der Waals surface area contributed by atoms with Crippen LogP contribution >= 0.6 is 23.2 Å². The molecule has 1 saturated carbocycles. The van der Waals surface area contributed by atoms with Crippen molar-refractivity contribution in [3.8, 4) is 0 Å². The Morgan fingerprint density at radius 3 is 2.62 bits per heavy atom. The third-order valence-corrected chi connectivity index (χ3v) is 6.96. The van der Waals surface area contributed by atoms with Crippen molar-refractivity contribution in [2.45, 2.75) is 58.0 Å². The summed E-state index contributed by atoms with van der Waals surface area (Å²) in [6, 6.07) is 13.2. The zero-order valence-electron chi connectivity index (χ0n) is 19.4. The molecule has 0 aromatic heterocycles. The number of carbonyl (C=O) groups excluding carboxylic acids is 2. The Morgan fingerprint density at radius 1 is 1.15 bits per heavy atom. The van der Waals surface area contributed by atoms with Gasteiger partial charge in [0.2, 0.25) is 0 Å². The van der Waals surface area contributed by atoms with Gasteiger partial charge in [-0.1, -0.05) is 59.5 Å². The van der Waals surface area contributed by atoms with Crippen LogP contribution in [0.4, 0.5) is 5.69 Å². The van der Waals surface area contributed by atoms with Gasteiger partial charge in [-0.15, -0.1) is 0 Å². The smallest absolute Gasteiger partial charge is 0.308 e. The van der Waals surface area contributed by atoms with E-state index in [2.05, 4.69) is 17.4 Å². The molecule has 6 nitrogen and oxygen atoms in total. The topological polar surface area (TPSA) is 71.0 Å². The van der Waals surface area contributed by atoms with Crippen molar-refractivity contribution in [1.29, 1.82) is 0 Å². The molecule has 3 unspecified atom stereocenters. The summed E-state index contributed by atoms with van der Waals surface area (Å²) in [4.78, 5) is 25.4. The zero-order valence-corrected chi connectivity index (χ0v) is 20.9. The third-order valence-electron chi connectivity index (χ3n) is 6.42. The van der Waals surface area contributed by atoms with E-state index in [9.17, 15) is 9.59 Å². The second kappa shape index (κ2) is 10.8. The number of anilines is 1. The van der Waals surface area contributed by atoms with E-state index in [1.807, 2.05) is 25.1 Å². The molecule has 3 atom stereocenters. The first kappa shape index (κ1) is 24.6. The first-order valence-corrected chi connectivity index (χ1v) is 12.5. The summed E-state index contributed by atoms with van der Waals surface area (Å²) in [6.07, 6.45) is 3.54. The van der Waals surface area contributed by atoms with Gasteiger partial charge in [-0.2, -0.15) is 5.10 Å². The monoisotopic (exact) mass is 501 g/mol. The molecule has 0 saturated heterocycles. The van der Waals surface area contributed by atoms with E-state index in [4.69, 9.17) is 33.0 Å². The molecule has 1 fully saturated rings. The van der Waals surface area contributed by atoms with Crippen molar-refractivity contribution in [3.05, 3.63) is 63.6 Å². The lowest BCUT2D eigenvalue weighted by molar-refractivity contribution is -0.149. The highest BCUT2D eigenvalue weighted by atomic mass is 35.5. The lowest BCUT2D eigenvalue weighted by Crippen LogP contribution is -2.43. The van der Waals surface area contributed by atoms with Gasteiger partial charge in [0.25, 0.3) is 5.91 Å². The second-order valence-electron chi connectivity index (χ2n) is 8.90. The third kappa shape index (κ3) is 5.56. The standard InChI is InChI=1S/C26H29Cl2N3O3/c1-3-34-26(33)18-5-4-6-20(13-18)29-25(32)22-15-24(17-9-7-16(2)8-10-17)31(30-22)23-12-11-19(27)14-21(23)28/h7-12,14,18,20,24H,3-6,13,15H2,1-2H3,(H,29,32). The minimum absolute atomic E-state index is 0.0793. The van der Waals surface area contributed by atoms with Crippen LogP contribution in [0.15, 0.2) is 47.6 Å². The van der Waals surface area contributed by atoms with E-state index in [-0.39, 0.29) is 29.9 Å². The first-order valence-electron chi connectivity index (χ1n) is 11.7. The van der Waals surface area contributed by atoms with Crippen LogP contribution in [0.25, 0.3) is 0 Å². The molecule has 180 valence electrons. The molecule has 4 rings (SSSR count). The van der Waals surface area contributed by atoms with Gasteiger partial charge >= 0.3 is 5.97 Å². The minimum Gasteiger partial charge on any atom is -0.466 e. The highest BCUT2D eigenvalue weighted by Crippen LogP contribution is 2.39. The lowest BCUT2D eigenvalue weighted by Gasteiger charge is -2.28. The van der Waals surface area contributed by atoms with Crippen LogP contribution in [0, 0.1) is 12.8 Å². The quantitative estimate of drug-likeness (QED) is 0.504. The van der Waals surface area contributed by atoms with Crippen LogP contribution in [0.2, 0.25) is 10.0 Å². The predicted molar refractivity (Wildman–Crippen MR) is 135 cm³/mol. The molecule has 2 aromatic carbocycles. The number of hydrogen-bond donors (Lipinski definition) is 1. The van der Waals surface area contributed by atoms with Gasteiger partial charge < -0.3 is 10.1 Å². The van der Waals surface area contributed by atoms with E-state index in [0.29, 0.717) is 40.9 Å². The molecule has 1 N–H and O–H groups in total. The van der Waals surface area contributed by atoms with Gasteiger partial charge in [-0.05, 0) is 56.9 Å². The number of nitrogens with one attached hydrogen (secondary N) is 1. The molecule has 1 heterocycles. The molecule has 34 heavy (non-hydrogen) atoms. The van der Waals surface area contributed by atoms with E-state index in [1.54, 1.807) is 24.1 Å². The normalized spacial score (nSPS) is 22.3. The van der Waals surface area contributed by atoms with Crippen molar-refractivity contribution in [1.82, 2.24) is 5.32 Å². The highest BCUT2D eigenvalue weighted by molar-refractivity contribution is 6.40. The van der Waals surface area contributed by atoms with Crippen LogP contribution < -0.4 is 10.3 Å². The second-order valence-corrected chi connectivity index (χ2v) is 9.75. The van der Waals surface area contributed by atoms with Crippen molar-refractivity contribution >= 4 is 46.5 Å². The number of aryl methyl sites for hydroxylation is 1. The van der Waals surface area contributed by atoms with Crippen LogP contribution in [-0.2, 0) is 14.3 Å². The maximum Gasteiger partial charge on any atom is 0.308 e. The molecule has 1 amide bonds. The maximum atomic E-state index is 13.2. The van der Waals surface area contributed by atoms with Crippen molar-refractivity contribution in [2.24, 2.45) is 11.0 Å². The molecule has 2 aliphatic rings. The average molecular weight is 502 g/mol. The van der Waals surface area contributed by atoms with Crippen molar-refractivity contribution in [2.75, 3.05) is 11.6 Å². The molecular weight excluding hydrogens is 473 g/mol. The summed E-state index contributed by atoms with van der Waals surface area (Å²) in [7, 11) is 0. The van der Waals surface area contributed by atoms with Gasteiger partial charge in [0.15, 0.2) is 0 Å². The Bertz CT molecular complexity index is 1090. The number of carbonyl (C=O) groups is 2. The molecule has 0 spiro atoms. The summed E-state index contributed by atoms with van der Waals surface area (Å²) in [5.41, 5.74) is 3.34. The van der Waals surface area contributed by atoms with E-state index < -0.39 is 0 Å². The maximum absolute atomic E-state index is 13.2.